The zero-order valence-corrected chi connectivity index (χ0v) is 17.6. The van der Waals surface area contributed by atoms with E-state index in [0.29, 0.717) is 23.5 Å². The topological polar surface area (TPSA) is 67.9 Å². The lowest BCUT2D eigenvalue weighted by Crippen LogP contribution is -2.49. The van der Waals surface area contributed by atoms with Crippen molar-refractivity contribution < 1.29 is 19.1 Å². The molecule has 1 atom stereocenters. The Balaban J connectivity index is 1.10. The van der Waals surface area contributed by atoms with Crippen molar-refractivity contribution >= 4 is 11.8 Å². The maximum absolute atomic E-state index is 12.9. The fraction of sp³-hybridized carbons (Fsp3) is 0.440. The Morgan fingerprint density at radius 2 is 1.65 bits per heavy atom. The monoisotopic (exact) mass is 420 g/mol. The smallest absolute Gasteiger partial charge is 0.267 e. The fourth-order valence-electron chi connectivity index (χ4n) is 4.32. The maximum atomic E-state index is 12.9. The second kappa shape index (κ2) is 8.61. The lowest BCUT2D eigenvalue weighted by atomic mass is 9.89. The van der Waals surface area contributed by atoms with E-state index in [2.05, 4.69) is 17.4 Å². The van der Waals surface area contributed by atoms with Crippen LogP contribution in [0.4, 0.5) is 0 Å². The summed E-state index contributed by atoms with van der Waals surface area (Å²) in [7, 11) is 0. The van der Waals surface area contributed by atoms with Crippen LogP contribution in [0.2, 0.25) is 0 Å². The normalized spacial score (nSPS) is 20.9. The van der Waals surface area contributed by atoms with Crippen molar-refractivity contribution in [1.29, 1.82) is 0 Å². The van der Waals surface area contributed by atoms with Crippen LogP contribution in [0.5, 0.6) is 11.5 Å². The van der Waals surface area contributed by atoms with Crippen LogP contribution in [-0.2, 0) is 11.2 Å². The van der Waals surface area contributed by atoms with Gasteiger partial charge in [0.2, 0.25) is 6.10 Å². The van der Waals surface area contributed by atoms with Crippen molar-refractivity contribution in [3.8, 4) is 11.5 Å². The van der Waals surface area contributed by atoms with Gasteiger partial charge in [-0.3, -0.25) is 9.59 Å². The summed E-state index contributed by atoms with van der Waals surface area (Å²) in [6.07, 6.45) is 4.54. The number of carbonyl (C=O) groups excluding carboxylic acids is 2. The highest BCUT2D eigenvalue weighted by atomic mass is 16.6. The molecule has 1 aliphatic carbocycles. The molecule has 1 saturated heterocycles. The van der Waals surface area contributed by atoms with Gasteiger partial charge in [0.1, 0.15) is 6.61 Å². The molecule has 6 heteroatoms. The molecule has 2 aliphatic heterocycles. The van der Waals surface area contributed by atoms with Crippen molar-refractivity contribution in [2.24, 2.45) is 5.92 Å². The molecule has 31 heavy (non-hydrogen) atoms. The number of fused-ring (bicyclic) bond motifs is 1. The van der Waals surface area contributed by atoms with Crippen LogP contribution in [0.25, 0.3) is 0 Å². The molecular weight excluding hydrogens is 392 g/mol. The molecule has 0 spiro atoms. The fourth-order valence-corrected chi connectivity index (χ4v) is 4.32. The van der Waals surface area contributed by atoms with Gasteiger partial charge in [0.15, 0.2) is 11.5 Å². The third-order valence-corrected chi connectivity index (χ3v) is 6.36. The predicted molar refractivity (Wildman–Crippen MR) is 116 cm³/mol. The van der Waals surface area contributed by atoms with Crippen LogP contribution in [0, 0.1) is 5.92 Å². The summed E-state index contributed by atoms with van der Waals surface area (Å²) in [5.41, 5.74) is 1.97. The number of amides is 2. The van der Waals surface area contributed by atoms with E-state index < -0.39 is 6.10 Å². The molecule has 3 aliphatic rings. The molecule has 2 amide bonds. The number of rotatable bonds is 5. The van der Waals surface area contributed by atoms with Crippen LogP contribution in [0.15, 0.2) is 48.5 Å². The van der Waals surface area contributed by atoms with E-state index in [0.717, 1.165) is 50.8 Å². The van der Waals surface area contributed by atoms with Crippen LogP contribution in [0.1, 0.15) is 41.6 Å². The Labute approximate surface area is 182 Å². The molecule has 1 N–H and O–H groups in total. The number of piperidine rings is 1. The highest BCUT2D eigenvalue weighted by molar-refractivity contribution is 5.94. The molecule has 0 radical (unpaired) electrons. The SMILES string of the molecule is O=C(NC1CC1)c1ccc(CC2CCN(C(=O)C3COc4ccccc4O3)CC2)cc1. The quantitative estimate of drug-likeness (QED) is 0.807. The lowest BCUT2D eigenvalue weighted by molar-refractivity contribution is -0.142. The van der Waals surface area contributed by atoms with Gasteiger partial charge in [-0.05, 0) is 67.9 Å². The zero-order valence-electron chi connectivity index (χ0n) is 17.6. The highest BCUT2D eigenvalue weighted by Gasteiger charge is 2.33. The minimum atomic E-state index is -0.569. The molecule has 1 unspecified atom stereocenters. The summed E-state index contributed by atoms with van der Waals surface area (Å²) in [6.45, 7) is 1.75. The molecule has 0 bridgehead atoms. The molecular formula is C25H28N2O4. The number of ether oxygens (including phenoxy) is 2. The van der Waals surface area contributed by atoms with E-state index >= 15 is 0 Å². The number of nitrogens with zero attached hydrogens (tertiary/aromatic N) is 1. The second-order valence-corrected chi connectivity index (χ2v) is 8.78. The summed E-state index contributed by atoms with van der Waals surface area (Å²) in [5, 5.41) is 3.02. The highest BCUT2D eigenvalue weighted by Crippen LogP contribution is 2.32. The first-order valence-electron chi connectivity index (χ1n) is 11.2. The Bertz CT molecular complexity index is 946. The van der Waals surface area contributed by atoms with Gasteiger partial charge in [-0.1, -0.05) is 24.3 Å². The number of hydrogen-bond acceptors (Lipinski definition) is 4. The number of likely N-dealkylation sites (tertiary alicyclic amines) is 1. The van der Waals surface area contributed by atoms with Gasteiger partial charge in [0.25, 0.3) is 11.8 Å². The zero-order chi connectivity index (χ0) is 21.2. The molecule has 5 rings (SSSR count). The summed E-state index contributed by atoms with van der Waals surface area (Å²) in [6, 6.07) is 15.8. The van der Waals surface area contributed by atoms with Gasteiger partial charge < -0.3 is 19.7 Å². The Kier molecular flexibility index (Phi) is 5.53. The van der Waals surface area contributed by atoms with E-state index in [9.17, 15) is 9.59 Å². The second-order valence-electron chi connectivity index (χ2n) is 8.78. The van der Waals surface area contributed by atoms with Crippen molar-refractivity contribution in [3.05, 3.63) is 59.7 Å². The predicted octanol–water partition coefficient (Wildman–Crippen LogP) is 3.20. The molecule has 2 aromatic rings. The van der Waals surface area contributed by atoms with E-state index in [1.807, 2.05) is 41.3 Å². The molecule has 2 fully saturated rings. The van der Waals surface area contributed by atoms with Gasteiger partial charge in [-0.25, -0.2) is 0 Å². The minimum Gasteiger partial charge on any atom is -0.485 e. The Morgan fingerprint density at radius 3 is 2.35 bits per heavy atom. The minimum absolute atomic E-state index is 0.0129. The Morgan fingerprint density at radius 1 is 0.935 bits per heavy atom. The molecule has 2 aromatic carbocycles. The third kappa shape index (κ3) is 4.68. The summed E-state index contributed by atoms with van der Waals surface area (Å²) < 4.78 is 11.6. The average Bonchev–Trinajstić information content (AvgIpc) is 3.63. The number of carbonyl (C=O) groups is 2. The van der Waals surface area contributed by atoms with Crippen LogP contribution >= 0.6 is 0 Å². The maximum Gasteiger partial charge on any atom is 0.267 e. The van der Waals surface area contributed by atoms with E-state index in [1.54, 1.807) is 0 Å². The average molecular weight is 421 g/mol. The van der Waals surface area contributed by atoms with E-state index in [-0.39, 0.29) is 18.4 Å². The van der Waals surface area contributed by atoms with Crippen LogP contribution < -0.4 is 14.8 Å². The van der Waals surface area contributed by atoms with Crippen molar-refractivity contribution in [3.63, 3.8) is 0 Å². The van der Waals surface area contributed by atoms with Gasteiger partial charge in [0.05, 0.1) is 0 Å². The van der Waals surface area contributed by atoms with Crippen molar-refractivity contribution in [2.45, 2.75) is 44.2 Å². The first-order chi connectivity index (χ1) is 15.2. The molecule has 1 saturated carbocycles. The number of nitrogens with one attached hydrogen (secondary N) is 1. The van der Waals surface area contributed by atoms with E-state index in [1.165, 1.54) is 5.56 Å². The molecule has 0 aromatic heterocycles. The lowest BCUT2D eigenvalue weighted by Gasteiger charge is -2.35. The van der Waals surface area contributed by atoms with Crippen LogP contribution in [0.3, 0.4) is 0 Å². The van der Waals surface area contributed by atoms with Crippen molar-refractivity contribution in [2.75, 3.05) is 19.7 Å². The first-order valence-corrected chi connectivity index (χ1v) is 11.2. The molecule has 2 heterocycles. The Hall–Kier alpha value is -3.02. The molecule has 6 nitrogen and oxygen atoms in total. The summed E-state index contributed by atoms with van der Waals surface area (Å²) >= 11 is 0. The van der Waals surface area contributed by atoms with E-state index in [4.69, 9.17) is 9.47 Å². The summed E-state index contributed by atoms with van der Waals surface area (Å²) in [4.78, 5) is 26.9. The largest absolute Gasteiger partial charge is 0.485 e. The third-order valence-electron chi connectivity index (χ3n) is 6.36. The standard InChI is InChI=1S/C25H28N2O4/c28-24(26-20-9-10-20)19-7-5-17(6-8-19)15-18-11-13-27(14-12-18)25(29)23-16-30-21-3-1-2-4-22(21)31-23/h1-8,18,20,23H,9-16H2,(H,26,28). The van der Waals surface area contributed by atoms with Gasteiger partial charge in [0, 0.05) is 24.7 Å². The number of hydrogen-bond donors (Lipinski definition) is 1. The number of para-hydroxylation sites is 2. The summed E-state index contributed by atoms with van der Waals surface area (Å²) in [5.74, 6) is 1.91. The first kappa shape index (κ1) is 19.9. The van der Waals surface area contributed by atoms with Crippen molar-refractivity contribution in [1.82, 2.24) is 10.2 Å². The number of benzene rings is 2. The van der Waals surface area contributed by atoms with Gasteiger partial charge >= 0.3 is 0 Å². The van der Waals surface area contributed by atoms with Gasteiger partial charge in [-0.2, -0.15) is 0 Å². The van der Waals surface area contributed by atoms with Gasteiger partial charge in [-0.15, -0.1) is 0 Å². The molecule has 162 valence electrons. The van der Waals surface area contributed by atoms with Crippen LogP contribution in [-0.4, -0.2) is 48.6 Å².